The van der Waals surface area contributed by atoms with Crippen LogP contribution in [0, 0.1) is 0 Å². The van der Waals surface area contributed by atoms with Crippen LogP contribution in [-0.4, -0.2) is 23.7 Å². The Morgan fingerprint density at radius 3 is 2.36 bits per heavy atom. The first-order valence-corrected chi connectivity index (χ1v) is 10.2. The van der Waals surface area contributed by atoms with Crippen molar-refractivity contribution in [1.29, 1.82) is 0 Å². The van der Waals surface area contributed by atoms with Crippen molar-refractivity contribution >= 4 is 67.4 Å². The smallest absolute Gasteiger partial charge is 0.266 e. The molecule has 2 aromatic rings. The van der Waals surface area contributed by atoms with Crippen LogP contribution in [0.2, 0.25) is 15.1 Å². The average Bonchev–Trinajstić information content (AvgIpc) is 2.92. The molecule has 1 aromatic heterocycles. The summed E-state index contributed by atoms with van der Waals surface area (Å²) in [6, 6.07) is 2.52. The van der Waals surface area contributed by atoms with E-state index in [9.17, 15) is 13.2 Å². The maximum Gasteiger partial charge on any atom is 0.266 e. The van der Waals surface area contributed by atoms with Gasteiger partial charge in [0, 0.05) is 16.6 Å². The van der Waals surface area contributed by atoms with E-state index in [0.717, 1.165) is 11.5 Å². The quantitative estimate of drug-likeness (QED) is 0.709. The highest BCUT2D eigenvalue weighted by molar-refractivity contribution is 7.93. The van der Waals surface area contributed by atoms with E-state index in [1.165, 1.54) is 12.1 Å². The van der Waals surface area contributed by atoms with Crippen molar-refractivity contribution in [3.05, 3.63) is 33.0 Å². The molecule has 0 fully saturated rings. The van der Waals surface area contributed by atoms with E-state index >= 15 is 0 Å². The molecule has 3 N–H and O–H groups in total. The summed E-state index contributed by atoms with van der Waals surface area (Å²) in [6.07, 6.45) is 0.361. The minimum absolute atomic E-state index is 0.0435. The van der Waals surface area contributed by atoms with Crippen molar-refractivity contribution in [3.8, 4) is 0 Å². The van der Waals surface area contributed by atoms with Crippen LogP contribution in [-0.2, 0) is 20.2 Å². The number of sulfonamides is 1. The molecule has 0 radical (unpaired) electrons. The van der Waals surface area contributed by atoms with Gasteiger partial charge in [0.05, 0.1) is 10.0 Å². The fourth-order valence-electron chi connectivity index (χ4n) is 1.88. The standard InChI is InChI=1S/C13H13Cl3N4O3S2/c1-3-13(2,10(17)21)11-18-12(24-19-11)20-25(22,23)9-7(15)4-6(14)5-8(9)16/h4-5H,3H2,1-2H3,(H2,17,21)(H,18,19,20). The van der Waals surface area contributed by atoms with Gasteiger partial charge >= 0.3 is 0 Å². The molecule has 136 valence electrons. The lowest BCUT2D eigenvalue weighted by atomic mass is 9.86. The normalized spacial score (nSPS) is 14.1. The van der Waals surface area contributed by atoms with E-state index in [0.29, 0.717) is 6.42 Å². The zero-order valence-electron chi connectivity index (χ0n) is 13.0. The molecule has 25 heavy (non-hydrogen) atoms. The zero-order valence-corrected chi connectivity index (χ0v) is 16.9. The van der Waals surface area contributed by atoms with Gasteiger partial charge in [0.15, 0.2) is 5.82 Å². The first-order valence-electron chi connectivity index (χ1n) is 6.82. The number of hydrogen-bond acceptors (Lipinski definition) is 6. The van der Waals surface area contributed by atoms with Crippen LogP contribution in [0.3, 0.4) is 0 Å². The fraction of sp³-hybridized carbons (Fsp3) is 0.308. The minimum atomic E-state index is -4.13. The highest BCUT2D eigenvalue weighted by atomic mass is 35.5. The van der Waals surface area contributed by atoms with Crippen molar-refractivity contribution in [2.75, 3.05) is 4.72 Å². The van der Waals surface area contributed by atoms with Gasteiger partial charge in [-0.3, -0.25) is 9.52 Å². The molecule has 2 rings (SSSR count). The predicted octanol–water partition coefficient (Wildman–Crippen LogP) is 3.45. The number of hydrogen-bond donors (Lipinski definition) is 2. The largest absolute Gasteiger partial charge is 0.369 e. The van der Waals surface area contributed by atoms with Crippen LogP contribution >= 0.6 is 46.3 Å². The Kier molecular flexibility index (Phi) is 5.85. The average molecular weight is 444 g/mol. The van der Waals surface area contributed by atoms with E-state index in [1.807, 2.05) is 0 Å². The third-order valence-electron chi connectivity index (χ3n) is 3.62. The molecule has 0 saturated carbocycles. The molecule has 1 aromatic carbocycles. The Morgan fingerprint density at radius 2 is 1.88 bits per heavy atom. The van der Waals surface area contributed by atoms with Gasteiger partial charge in [0.1, 0.15) is 10.3 Å². The van der Waals surface area contributed by atoms with Gasteiger partial charge in [0.25, 0.3) is 10.0 Å². The Labute approximate surface area is 163 Å². The van der Waals surface area contributed by atoms with Crippen LogP contribution in [0.1, 0.15) is 26.1 Å². The second kappa shape index (κ2) is 7.24. The first kappa shape index (κ1) is 20.2. The van der Waals surface area contributed by atoms with Gasteiger partial charge < -0.3 is 5.73 Å². The molecule has 1 heterocycles. The van der Waals surface area contributed by atoms with Crippen LogP contribution in [0.4, 0.5) is 5.13 Å². The molecule has 1 atom stereocenters. The Bertz CT molecular complexity index is 909. The summed E-state index contributed by atoms with van der Waals surface area (Å²) in [4.78, 5) is 15.4. The number of aromatic nitrogens is 2. The summed E-state index contributed by atoms with van der Waals surface area (Å²) in [7, 11) is -4.13. The van der Waals surface area contributed by atoms with Crippen molar-refractivity contribution in [1.82, 2.24) is 9.36 Å². The lowest BCUT2D eigenvalue weighted by molar-refractivity contribution is -0.123. The minimum Gasteiger partial charge on any atom is -0.369 e. The first-order chi connectivity index (χ1) is 11.5. The van der Waals surface area contributed by atoms with Gasteiger partial charge in [-0.25, -0.2) is 13.4 Å². The van der Waals surface area contributed by atoms with Crippen LogP contribution in [0.15, 0.2) is 17.0 Å². The lowest BCUT2D eigenvalue weighted by Crippen LogP contribution is -2.38. The van der Waals surface area contributed by atoms with Crippen LogP contribution < -0.4 is 10.5 Å². The number of carbonyl (C=O) groups is 1. The number of nitrogens with zero attached hydrogens (tertiary/aromatic N) is 2. The van der Waals surface area contributed by atoms with Crippen LogP contribution in [0.5, 0.6) is 0 Å². The number of benzene rings is 1. The predicted molar refractivity (Wildman–Crippen MR) is 99.0 cm³/mol. The number of nitrogens with two attached hydrogens (primary N) is 1. The second-order valence-corrected chi connectivity index (χ2v) is 8.90. The number of amides is 1. The van der Waals surface area contributed by atoms with E-state index in [-0.39, 0.29) is 30.9 Å². The van der Waals surface area contributed by atoms with E-state index in [1.54, 1.807) is 13.8 Å². The third-order valence-corrected chi connectivity index (χ3v) is 6.86. The molecule has 0 spiro atoms. The molecule has 0 aliphatic heterocycles. The molecule has 1 amide bonds. The summed E-state index contributed by atoms with van der Waals surface area (Å²) in [6.45, 7) is 3.34. The summed E-state index contributed by atoms with van der Waals surface area (Å²) < 4.78 is 31.4. The highest BCUT2D eigenvalue weighted by Crippen LogP contribution is 2.34. The monoisotopic (exact) mass is 442 g/mol. The highest BCUT2D eigenvalue weighted by Gasteiger charge is 2.36. The molecular weight excluding hydrogens is 431 g/mol. The number of halogens is 3. The van der Waals surface area contributed by atoms with Crippen molar-refractivity contribution in [2.24, 2.45) is 5.73 Å². The van der Waals surface area contributed by atoms with Gasteiger partial charge in [0.2, 0.25) is 11.0 Å². The summed E-state index contributed by atoms with van der Waals surface area (Å²) in [5, 5.41) is -0.110. The summed E-state index contributed by atoms with van der Waals surface area (Å²) in [5.74, 6) is -0.468. The maximum absolute atomic E-state index is 12.5. The molecule has 0 bridgehead atoms. The number of rotatable bonds is 6. The van der Waals surface area contributed by atoms with Crippen molar-refractivity contribution < 1.29 is 13.2 Å². The van der Waals surface area contributed by atoms with E-state index < -0.39 is 21.3 Å². The molecule has 0 saturated heterocycles. The topological polar surface area (TPSA) is 115 Å². The molecule has 12 heteroatoms. The number of anilines is 1. The number of carbonyl (C=O) groups excluding carboxylic acids is 1. The number of primary amides is 1. The van der Waals surface area contributed by atoms with Crippen molar-refractivity contribution in [3.63, 3.8) is 0 Å². The molecule has 0 aliphatic rings. The maximum atomic E-state index is 12.5. The Hall–Kier alpha value is -1.13. The fourth-order valence-corrected chi connectivity index (χ4v) is 5.34. The summed E-state index contributed by atoms with van der Waals surface area (Å²) in [5.41, 5.74) is 4.29. The Balaban J connectivity index is 2.40. The van der Waals surface area contributed by atoms with E-state index in [2.05, 4.69) is 14.1 Å². The van der Waals surface area contributed by atoms with Gasteiger partial charge in [-0.2, -0.15) is 4.37 Å². The third kappa shape index (κ3) is 4.01. The van der Waals surface area contributed by atoms with Gasteiger partial charge in [-0.15, -0.1) is 0 Å². The number of nitrogens with one attached hydrogen (secondary N) is 1. The molecular formula is C13H13Cl3N4O3S2. The second-order valence-electron chi connectivity index (χ2n) is 5.28. The zero-order chi connectivity index (χ0) is 19.0. The SMILES string of the molecule is CCC(C)(C(N)=O)c1nsc(NS(=O)(=O)c2c(Cl)cc(Cl)cc2Cl)n1. The molecule has 1 unspecified atom stereocenters. The molecule has 0 aliphatic carbocycles. The Morgan fingerprint density at radius 1 is 1.32 bits per heavy atom. The van der Waals surface area contributed by atoms with Gasteiger partial charge in [-0.1, -0.05) is 41.7 Å². The van der Waals surface area contributed by atoms with Crippen LogP contribution in [0.25, 0.3) is 0 Å². The van der Waals surface area contributed by atoms with Gasteiger partial charge in [-0.05, 0) is 25.5 Å². The van der Waals surface area contributed by atoms with Crippen molar-refractivity contribution in [2.45, 2.75) is 30.6 Å². The van der Waals surface area contributed by atoms with E-state index in [4.69, 9.17) is 40.5 Å². The molecule has 7 nitrogen and oxygen atoms in total. The lowest BCUT2D eigenvalue weighted by Gasteiger charge is -2.19. The summed E-state index contributed by atoms with van der Waals surface area (Å²) >= 11 is 18.4.